The Morgan fingerprint density at radius 1 is 1.47 bits per heavy atom. The number of amides is 1. The van der Waals surface area contributed by atoms with Crippen molar-refractivity contribution in [3.8, 4) is 0 Å². The summed E-state index contributed by atoms with van der Waals surface area (Å²) in [5.74, 6) is 0.405. The molecule has 1 unspecified atom stereocenters. The van der Waals surface area contributed by atoms with E-state index in [4.69, 9.17) is 0 Å². The zero-order valence-electron chi connectivity index (χ0n) is 10.4. The highest BCUT2D eigenvalue weighted by atomic mass is 32.2. The van der Waals surface area contributed by atoms with Gasteiger partial charge in [-0.1, -0.05) is 0 Å². The molecule has 0 saturated carbocycles. The van der Waals surface area contributed by atoms with E-state index in [1.54, 1.807) is 0 Å². The Balaban J connectivity index is 2.07. The third kappa shape index (κ3) is 7.33. The van der Waals surface area contributed by atoms with Crippen LogP contribution in [0.5, 0.6) is 0 Å². The lowest BCUT2D eigenvalue weighted by molar-refractivity contribution is -0.120. The minimum Gasteiger partial charge on any atom is -0.356 e. The molecule has 0 aromatic heterocycles. The summed E-state index contributed by atoms with van der Waals surface area (Å²) in [5, 5.41) is 6.10. The van der Waals surface area contributed by atoms with Gasteiger partial charge in [0.1, 0.15) is 9.84 Å². The summed E-state index contributed by atoms with van der Waals surface area (Å²) in [4.78, 5) is 11.3. The van der Waals surface area contributed by atoms with Gasteiger partial charge in [0.2, 0.25) is 5.91 Å². The second-order valence-electron chi connectivity index (χ2n) is 4.73. The van der Waals surface area contributed by atoms with Crippen molar-refractivity contribution in [3.05, 3.63) is 0 Å². The van der Waals surface area contributed by atoms with Crippen LogP contribution in [0.15, 0.2) is 0 Å². The van der Waals surface area contributed by atoms with E-state index in [1.165, 1.54) is 12.8 Å². The van der Waals surface area contributed by atoms with E-state index in [1.807, 2.05) is 0 Å². The molecule has 1 atom stereocenters. The molecule has 0 spiro atoms. The first-order valence-electron chi connectivity index (χ1n) is 6.12. The van der Waals surface area contributed by atoms with Crippen LogP contribution in [0.25, 0.3) is 0 Å². The first kappa shape index (κ1) is 14.4. The van der Waals surface area contributed by atoms with Crippen LogP contribution in [0, 0.1) is 5.92 Å². The van der Waals surface area contributed by atoms with Crippen molar-refractivity contribution in [2.75, 3.05) is 31.6 Å². The molecule has 1 aliphatic rings. The molecule has 0 bridgehead atoms. The largest absolute Gasteiger partial charge is 0.356 e. The van der Waals surface area contributed by atoms with Gasteiger partial charge in [-0.3, -0.25) is 4.79 Å². The zero-order chi connectivity index (χ0) is 12.7. The number of hydrogen-bond donors (Lipinski definition) is 2. The smallest absolute Gasteiger partial charge is 0.221 e. The normalized spacial score (nSPS) is 21.1. The van der Waals surface area contributed by atoms with Crippen LogP contribution in [0.2, 0.25) is 0 Å². The molecule has 2 N–H and O–H groups in total. The third-order valence-electron chi connectivity index (χ3n) is 2.97. The molecule has 0 aliphatic carbocycles. The summed E-state index contributed by atoms with van der Waals surface area (Å²) < 4.78 is 21.7. The van der Waals surface area contributed by atoms with Crippen LogP contribution < -0.4 is 10.6 Å². The van der Waals surface area contributed by atoms with E-state index >= 15 is 0 Å². The highest BCUT2D eigenvalue weighted by molar-refractivity contribution is 7.90. The fourth-order valence-corrected chi connectivity index (χ4v) is 2.51. The second kappa shape index (κ2) is 6.96. The molecule has 1 rings (SSSR count). The van der Waals surface area contributed by atoms with Crippen molar-refractivity contribution in [1.29, 1.82) is 0 Å². The zero-order valence-corrected chi connectivity index (χ0v) is 11.2. The maximum absolute atomic E-state index is 11.3. The number of nitrogens with one attached hydrogen (secondary N) is 2. The van der Waals surface area contributed by atoms with E-state index in [2.05, 4.69) is 10.6 Å². The van der Waals surface area contributed by atoms with E-state index < -0.39 is 9.84 Å². The molecule has 1 aliphatic heterocycles. The molecule has 17 heavy (non-hydrogen) atoms. The Bertz CT molecular complexity index is 335. The standard InChI is InChI=1S/C11H22N2O3S/c1-17(15,16)8-5-11(14)13-7-4-10-3-2-6-12-9-10/h10,12H,2-9H2,1H3,(H,13,14). The molecular weight excluding hydrogens is 240 g/mol. The van der Waals surface area contributed by atoms with Gasteiger partial charge in [0.15, 0.2) is 0 Å². The molecule has 0 aromatic rings. The number of rotatable bonds is 6. The van der Waals surface area contributed by atoms with Crippen molar-refractivity contribution < 1.29 is 13.2 Å². The fourth-order valence-electron chi connectivity index (χ4n) is 1.95. The molecule has 100 valence electrons. The quantitative estimate of drug-likeness (QED) is 0.702. The highest BCUT2D eigenvalue weighted by Gasteiger charge is 2.13. The van der Waals surface area contributed by atoms with Crippen LogP contribution in [0.3, 0.4) is 0 Å². The average Bonchev–Trinajstić information content (AvgIpc) is 2.27. The van der Waals surface area contributed by atoms with Crippen molar-refractivity contribution in [2.45, 2.75) is 25.7 Å². The molecule has 6 heteroatoms. The van der Waals surface area contributed by atoms with Gasteiger partial charge in [-0.2, -0.15) is 0 Å². The van der Waals surface area contributed by atoms with E-state index in [0.29, 0.717) is 12.5 Å². The van der Waals surface area contributed by atoms with E-state index in [9.17, 15) is 13.2 Å². The van der Waals surface area contributed by atoms with Gasteiger partial charge >= 0.3 is 0 Å². The van der Waals surface area contributed by atoms with Crippen molar-refractivity contribution in [3.63, 3.8) is 0 Å². The van der Waals surface area contributed by atoms with Gasteiger partial charge in [0.05, 0.1) is 5.75 Å². The van der Waals surface area contributed by atoms with Gasteiger partial charge in [-0.05, 0) is 38.3 Å². The van der Waals surface area contributed by atoms with Gasteiger partial charge in [0, 0.05) is 19.2 Å². The summed E-state index contributed by atoms with van der Waals surface area (Å²) in [6.45, 7) is 2.77. The third-order valence-corrected chi connectivity index (χ3v) is 3.92. The SMILES string of the molecule is CS(=O)(=O)CCC(=O)NCCC1CCCNC1. The summed E-state index contributed by atoms with van der Waals surface area (Å²) in [6.07, 6.45) is 4.60. The Kier molecular flexibility index (Phi) is 5.91. The van der Waals surface area contributed by atoms with Crippen LogP contribution >= 0.6 is 0 Å². The molecule has 1 fully saturated rings. The van der Waals surface area contributed by atoms with Crippen LogP contribution in [0.4, 0.5) is 0 Å². The molecule has 0 aromatic carbocycles. The van der Waals surface area contributed by atoms with Crippen molar-refractivity contribution in [1.82, 2.24) is 10.6 Å². The number of piperidine rings is 1. The summed E-state index contributed by atoms with van der Waals surface area (Å²) >= 11 is 0. The summed E-state index contributed by atoms with van der Waals surface area (Å²) in [6, 6.07) is 0. The minimum absolute atomic E-state index is 0.0657. The Morgan fingerprint density at radius 3 is 2.82 bits per heavy atom. The van der Waals surface area contributed by atoms with Gasteiger partial charge in [-0.15, -0.1) is 0 Å². The fraction of sp³-hybridized carbons (Fsp3) is 0.909. The number of hydrogen-bond acceptors (Lipinski definition) is 4. The Labute approximate surface area is 103 Å². The summed E-state index contributed by atoms with van der Waals surface area (Å²) in [7, 11) is -3.04. The van der Waals surface area contributed by atoms with Crippen LogP contribution in [-0.2, 0) is 14.6 Å². The molecule has 1 amide bonds. The first-order chi connectivity index (χ1) is 7.97. The van der Waals surface area contributed by atoms with Crippen LogP contribution in [-0.4, -0.2) is 46.0 Å². The predicted molar refractivity (Wildman–Crippen MR) is 67.5 cm³/mol. The monoisotopic (exact) mass is 262 g/mol. The average molecular weight is 262 g/mol. The second-order valence-corrected chi connectivity index (χ2v) is 6.99. The Morgan fingerprint density at radius 2 is 2.24 bits per heavy atom. The molecule has 5 nitrogen and oxygen atoms in total. The lowest BCUT2D eigenvalue weighted by atomic mass is 9.96. The topological polar surface area (TPSA) is 75.3 Å². The van der Waals surface area contributed by atoms with E-state index in [0.717, 1.165) is 25.8 Å². The van der Waals surface area contributed by atoms with Crippen LogP contribution in [0.1, 0.15) is 25.7 Å². The maximum Gasteiger partial charge on any atom is 0.221 e. The lowest BCUT2D eigenvalue weighted by Gasteiger charge is -2.22. The van der Waals surface area contributed by atoms with Gasteiger partial charge in [0.25, 0.3) is 0 Å². The maximum atomic E-state index is 11.3. The number of carbonyl (C=O) groups is 1. The number of carbonyl (C=O) groups excluding carboxylic acids is 1. The molecule has 1 saturated heterocycles. The lowest BCUT2D eigenvalue weighted by Crippen LogP contribution is -2.33. The van der Waals surface area contributed by atoms with Crippen molar-refractivity contribution >= 4 is 15.7 Å². The van der Waals surface area contributed by atoms with Gasteiger partial charge in [-0.25, -0.2) is 8.42 Å². The molecule has 1 heterocycles. The molecule has 0 radical (unpaired) electrons. The predicted octanol–water partition coefficient (Wildman–Crippen LogP) is -0.0730. The molecular formula is C11H22N2O3S. The Hall–Kier alpha value is -0.620. The summed E-state index contributed by atoms with van der Waals surface area (Å²) in [5.41, 5.74) is 0. The van der Waals surface area contributed by atoms with E-state index in [-0.39, 0.29) is 18.1 Å². The van der Waals surface area contributed by atoms with Gasteiger partial charge < -0.3 is 10.6 Å². The van der Waals surface area contributed by atoms with Crippen molar-refractivity contribution in [2.24, 2.45) is 5.92 Å². The number of sulfone groups is 1. The highest BCUT2D eigenvalue weighted by Crippen LogP contribution is 2.12. The first-order valence-corrected chi connectivity index (χ1v) is 8.18. The minimum atomic E-state index is -3.04.